The van der Waals surface area contributed by atoms with E-state index in [1.54, 1.807) is 11.8 Å². The van der Waals surface area contributed by atoms with Crippen LogP contribution < -0.4 is 0 Å². The van der Waals surface area contributed by atoms with Crippen LogP contribution in [0.25, 0.3) is 0 Å². The first kappa shape index (κ1) is 13.3. The summed E-state index contributed by atoms with van der Waals surface area (Å²) in [4.78, 5) is 13.5. The highest BCUT2D eigenvalue weighted by Crippen LogP contribution is 2.35. The number of hydrogen-bond donors (Lipinski definition) is 1. The van der Waals surface area contributed by atoms with Crippen LogP contribution in [-0.4, -0.2) is 46.7 Å². The predicted octanol–water partition coefficient (Wildman–Crippen LogP) is 1.35. The Balaban J connectivity index is 2.80. The van der Waals surface area contributed by atoms with Crippen LogP contribution in [0.2, 0.25) is 0 Å². The van der Waals surface area contributed by atoms with E-state index in [0.29, 0.717) is 6.61 Å². The zero-order valence-electron chi connectivity index (χ0n) is 10.6. The highest BCUT2D eigenvalue weighted by molar-refractivity contribution is 5.70. The molecule has 1 amide bonds. The summed E-state index contributed by atoms with van der Waals surface area (Å²) < 4.78 is 10.7. The fraction of sp³-hybridized carbons (Fsp3) is 0.909. The molecule has 0 bridgehead atoms. The molecule has 0 aromatic rings. The van der Waals surface area contributed by atoms with E-state index in [2.05, 4.69) is 0 Å². The van der Waals surface area contributed by atoms with Crippen LogP contribution in [0.3, 0.4) is 0 Å². The van der Waals surface area contributed by atoms with Gasteiger partial charge in [0.05, 0.1) is 18.8 Å². The van der Waals surface area contributed by atoms with Crippen molar-refractivity contribution in [2.24, 2.45) is 0 Å². The molecule has 0 spiro atoms. The molecule has 0 unspecified atom stereocenters. The largest absolute Gasteiger partial charge is 0.444 e. The third kappa shape index (κ3) is 2.47. The molecule has 1 aliphatic heterocycles. The van der Waals surface area contributed by atoms with Gasteiger partial charge in [-0.2, -0.15) is 0 Å². The van der Waals surface area contributed by atoms with E-state index in [4.69, 9.17) is 14.6 Å². The van der Waals surface area contributed by atoms with Crippen LogP contribution in [0.4, 0.5) is 4.79 Å². The molecule has 1 N–H and O–H groups in total. The first-order chi connectivity index (χ1) is 7.20. The molecule has 5 nitrogen and oxygen atoms in total. The number of aliphatic hydroxyl groups excluding tert-OH is 1. The van der Waals surface area contributed by atoms with Crippen molar-refractivity contribution in [1.29, 1.82) is 0 Å². The number of hydrogen-bond acceptors (Lipinski definition) is 4. The second-order valence-corrected chi connectivity index (χ2v) is 5.26. The number of carbonyl (C=O) groups excluding carboxylic acids is 1. The average molecular weight is 231 g/mol. The quantitative estimate of drug-likeness (QED) is 0.779. The lowest BCUT2D eigenvalue weighted by molar-refractivity contribution is -0.0605. The number of ether oxygens (including phenoxy) is 2. The van der Waals surface area contributed by atoms with Crippen LogP contribution >= 0.6 is 0 Å². The molecule has 1 fully saturated rings. The van der Waals surface area contributed by atoms with E-state index >= 15 is 0 Å². The van der Waals surface area contributed by atoms with Gasteiger partial charge in [-0.3, -0.25) is 4.90 Å². The van der Waals surface area contributed by atoms with Crippen molar-refractivity contribution in [3.63, 3.8) is 0 Å². The lowest BCUT2D eigenvalue weighted by atomic mass is 10.0. The van der Waals surface area contributed by atoms with E-state index in [1.807, 2.05) is 27.7 Å². The third-order valence-electron chi connectivity index (χ3n) is 2.66. The molecule has 1 heterocycles. The van der Waals surface area contributed by atoms with Gasteiger partial charge >= 0.3 is 6.09 Å². The Morgan fingerprint density at radius 2 is 2.06 bits per heavy atom. The predicted molar refractivity (Wildman–Crippen MR) is 59.0 cm³/mol. The van der Waals surface area contributed by atoms with Crippen LogP contribution in [0, 0.1) is 0 Å². The van der Waals surface area contributed by atoms with Crippen LogP contribution in [0.1, 0.15) is 34.6 Å². The standard InChI is InChI=1S/C11H21NO4/c1-8(6-13)16-9(14)12-10(2,3)7-15-11(12,4)5/h8,13H,6-7H2,1-5H3/t8-/m1/s1. The number of aliphatic hydroxyl groups is 1. The highest BCUT2D eigenvalue weighted by atomic mass is 16.6. The molecule has 1 saturated heterocycles. The smallest absolute Gasteiger partial charge is 0.412 e. The van der Waals surface area contributed by atoms with Gasteiger partial charge in [-0.25, -0.2) is 4.79 Å². The Labute approximate surface area is 96.3 Å². The monoisotopic (exact) mass is 231 g/mol. The maximum atomic E-state index is 12.0. The van der Waals surface area contributed by atoms with Crippen LogP contribution in [0.5, 0.6) is 0 Å². The molecule has 1 rings (SSSR count). The van der Waals surface area contributed by atoms with Gasteiger partial charge in [0.15, 0.2) is 0 Å². The number of rotatable bonds is 2. The van der Waals surface area contributed by atoms with E-state index in [9.17, 15) is 4.79 Å². The van der Waals surface area contributed by atoms with Crippen LogP contribution in [-0.2, 0) is 9.47 Å². The van der Waals surface area contributed by atoms with E-state index < -0.39 is 23.5 Å². The van der Waals surface area contributed by atoms with Crippen molar-refractivity contribution in [2.45, 2.75) is 52.0 Å². The maximum Gasteiger partial charge on any atom is 0.412 e. The van der Waals surface area contributed by atoms with E-state index in [-0.39, 0.29) is 6.61 Å². The number of nitrogens with zero attached hydrogens (tertiary/aromatic N) is 1. The van der Waals surface area contributed by atoms with E-state index in [0.717, 1.165) is 0 Å². The first-order valence-corrected chi connectivity index (χ1v) is 5.46. The molecular formula is C11H21NO4. The summed E-state index contributed by atoms with van der Waals surface area (Å²) in [7, 11) is 0. The zero-order valence-corrected chi connectivity index (χ0v) is 10.6. The van der Waals surface area contributed by atoms with Crippen molar-refractivity contribution in [3.8, 4) is 0 Å². The van der Waals surface area contributed by atoms with E-state index in [1.165, 1.54) is 0 Å². The van der Waals surface area contributed by atoms with Crippen molar-refractivity contribution >= 4 is 6.09 Å². The fourth-order valence-corrected chi connectivity index (χ4v) is 1.94. The minimum absolute atomic E-state index is 0.179. The zero-order chi connectivity index (χ0) is 12.6. The molecular weight excluding hydrogens is 210 g/mol. The molecule has 0 aliphatic carbocycles. The SMILES string of the molecule is C[C@H](CO)OC(=O)N1C(C)(C)COC1(C)C. The number of carbonyl (C=O) groups is 1. The summed E-state index contributed by atoms with van der Waals surface area (Å²) in [5, 5.41) is 8.86. The van der Waals surface area contributed by atoms with Gasteiger partial charge in [-0.05, 0) is 34.6 Å². The Morgan fingerprint density at radius 3 is 2.44 bits per heavy atom. The van der Waals surface area contributed by atoms with Crippen molar-refractivity contribution in [3.05, 3.63) is 0 Å². The second-order valence-electron chi connectivity index (χ2n) is 5.26. The van der Waals surface area contributed by atoms with Crippen molar-refractivity contribution in [1.82, 2.24) is 4.90 Å². The summed E-state index contributed by atoms with van der Waals surface area (Å²) >= 11 is 0. The minimum Gasteiger partial charge on any atom is -0.444 e. The number of amides is 1. The van der Waals surface area contributed by atoms with Gasteiger partial charge in [0, 0.05) is 0 Å². The summed E-state index contributed by atoms with van der Waals surface area (Å²) in [5.41, 5.74) is -1.06. The summed E-state index contributed by atoms with van der Waals surface area (Å²) in [6.45, 7) is 9.44. The molecule has 0 aromatic heterocycles. The molecule has 5 heteroatoms. The second kappa shape index (κ2) is 4.22. The van der Waals surface area contributed by atoms with Gasteiger partial charge in [0.1, 0.15) is 11.8 Å². The molecule has 1 atom stereocenters. The summed E-state index contributed by atoms with van der Waals surface area (Å²) in [6.07, 6.45) is -0.950. The highest BCUT2D eigenvalue weighted by Gasteiger charge is 2.49. The van der Waals surface area contributed by atoms with Crippen molar-refractivity contribution in [2.75, 3.05) is 13.2 Å². The lowest BCUT2D eigenvalue weighted by Gasteiger charge is -2.37. The van der Waals surface area contributed by atoms with Crippen molar-refractivity contribution < 1.29 is 19.4 Å². The molecule has 0 saturated carbocycles. The molecule has 0 aromatic carbocycles. The van der Waals surface area contributed by atoms with Gasteiger partial charge < -0.3 is 14.6 Å². The topological polar surface area (TPSA) is 59.0 Å². The average Bonchev–Trinajstić information content (AvgIpc) is 2.35. The van der Waals surface area contributed by atoms with Gasteiger partial charge in [-0.15, -0.1) is 0 Å². The normalized spacial score (nSPS) is 24.2. The Bertz CT molecular complexity index is 259. The first-order valence-electron chi connectivity index (χ1n) is 5.46. The van der Waals surface area contributed by atoms with Gasteiger partial charge in [0.25, 0.3) is 0 Å². The summed E-state index contributed by atoms with van der Waals surface area (Å²) in [5.74, 6) is 0. The molecule has 0 radical (unpaired) electrons. The maximum absolute atomic E-state index is 12.0. The summed E-state index contributed by atoms with van der Waals surface area (Å²) in [6, 6.07) is 0. The minimum atomic E-state index is -0.671. The fourth-order valence-electron chi connectivity index (χ4n) is 1.94. The molecule has 94 valence electrons. The third-order valence-corrected chi connectivity index (χ3v) is 2.66. The Hall–Kier alpha value is -0.810. The van der Waals surface area contributed by atoms with Gasteiger partial charge in [0.2, 0.25) is 0 Å². The van der Waals surface area contributed by atoms with Gasteiger partial charge in [-0.1, -0.05) is 0 Å². The van der Waals surface area contributed by atoms with Crippen LogP contribution in [0.15, 0.2) is 0 Å². The molecule has 1 aliphatic rings. The Kier molecular flexibility index (Phi) is 3.50. The lowest BCUT2D eigenvalue weighted by Crippen LogP contribution is -2.53. The Morgan fingerprint density at radius 1 is 1.50 bits per heavy atom. The molecule has 16 heavy (non-hydrogen) atoms.